The van der Waals surface area contributed by atoms with Crippen molar-refractivity contribution in [1.29, 1.82) is 0 Å². The average molecular weight is 465 g/mol. The van der Waals surface area contributed by atoms with E-state index in [0.29, 0.717) is 12.8 Å². The Bertz CT molecular complexity index is 1130. The highest BCUT2D eigenvalue weighted by Crippen LogP contribution is 2.60. The van der Waals surface area contributed by atoms with Crippen LogP contribution in [0.3, 0.4) is 0 Å². The van der Waals surface area contributed by atoms with E-state index in [0.717, 1.165) is 18.4 Å². The van der Waals surface area contributed by atoms with E-state index in [2.05, 4.69) is 6.58 Å². The molecule has 34 heavy (non-hydrogen) atoms. The molecule has 2 fully saturated rings. The number of esters is 2. The monoisotopic (exact) mass is 464 g/mol. The van der Waals surface area contributed by atoms with E-state index in [1.54, 1.807) is 13.0 Å². The fourth-order valence-corrected chi connectivity index (χ4v) is 6.30. The van der Waals surface area contributed by atoms with E-state index in [1.807, 2.05) is 37.3 Å². The van der Waals surface area contributed by atoms with Crippen molar-refractivity contribution >= 4 is 23.8 Å². The maximum absolute atomic E-state index is 13.8. The standard InChI is InChI=1S/C27H28O7/c1-15-21-24(33-19(28)13-12-17-9-5-4-6-10-17)27(31)14-8-7-11-18(27)26(15,3)23(29)20-22(34-21)16(2)32-25(20)30/h4-6,9-10,12-13,15,18,21,24,31H,2,7-8,11,14H2,1,3H3/b13-12+/t15-,18+,21+,24-,26-,27+/m1/s1. The molecule has 0 saturated heterocycles. The predicted molar refractivity (Wildman–Crippen MR) is 122 cm³/mol. The normalized spacial score (nSPS) is 37.0. The number of benzene rings is 1. The van der Waals surface area contributed by atoms with Crippen molar-refractivity contribution in [3.63, 3.8) is 0 Å². The highest BCUT2D eigenvalue weighted by atomic mass is 16.6. The summed E-state index contributed by atoms with van der Waals surface area (Å²) in [5, 5.41) is 12.0. The topological polar surface area (TPSA) is 99.1 Å². The van der Waals surface area contributed by atoms with Crippen LogP contribution < -0.4 is 0 Å². The first-order valence-corrected chi connectivity index (χ1v) is 11.7. The van der Waals surface area contributed by atoms with Gasteiger partial charge in [0.2, 0.25) is 0 Å². The molecule has 4 aliphatic rings. The van der Waals surface area contributed by atoms with Crippen LogP contribution in [0.2, 0.25) is 0 Å². The van der Waals surface area contributed by atoms with E-state index < -0.39 is 52.8 Å². The molecule has 2 saturated carbocycles. The predicted octanol–water partition coefficient (Wildman–Crippen LogP) is 3.48. The minimum Gasteiger partial charge on any atom is -0.481 e. The largest absolute Gasteiger partial charge is 0.481 e. The quantitative estimate of drug-likeness (QED) is 0.415. The summed E-state index contributed by atoms with van der Waals surface area (Å²) in [7, 11) is 0. The van der Waals surface area contributed by atoms with Gasteiger partial charge in [-0.25, -0.2) is 9.59 Å². The molecule has 2 aliphatic heterocycles. The van der Waals surface area contributed by atoms with Crippen LogP contribution in [0.4, 0.5) is 0 Å². The van der Waals surface area contributed by atoms with Crippen molar-refractivity contribution in [3.05, 3.63) is 65.6 Å². The number of aliphatic hydroxyl groups is 1. The van der Waals surface area contributed by atoms with Crippen LogP contribution in [0.25, 0.3) is 6.08 Å². The third-order valence-corrected chi connectivity index (χ3v) is 8.20. The van der Waals surface area contributed by atoms with Crippen LogP contribution in [0, 0.1) is 17.3 Å². The van der Waals surface area contributed by atoms with Gasteiger partial charge in [-0.3, -0.25) is 4.79 Å². The van der Waals surface area contributed by atoms with E-state index >= 15 is 0 Å². The highest BCUT2D eigenvalue weighted by Gasteiger charge is 2.70. The number of hydrogen-bond donors (Lipinski definition) is 1. The molecule has 2 bridgehead atoms. The van der Waals surface area contributed by atoms with Gasteiger partial charge in [-0.2, -0.15) is 0 Å². The van der Waals surface area contributed by atoms with Crippen molar-refractivity contribution in [2.75, 3.05) is 0 Å². The Morgan fingerprint density at radius 2 is 1.97 bits per heavy atom. The minimum absolute atomic E-state index is 0.0151. The van der Waals surface area contributed by atoms with Crippen molar-refractivity contribution in [3.8, 4) is 0 Å². The molecule has 7 nitrogen and oxygen atoms in total. The molecule has 0 amide bonds. The van der Waals surface area contributed by atoms with E-state index in [1.165, 1.54) is 6.08 Å². The number of Topliss-reactive ketones (excluding diaryl/α,β-unsaturated/α-hetero) is 1. The molecule has 1 aromatic carbocycles. The van der Waals surface area contributed by atoms with Crippen molar-refractivity contribution < 1.29 is 33.7 Å². The third-order valence-electron chi connectivity index (χ3n) is 8.20. The average Bonchev–Trinajstić information content (AvgIpc) is 3.07. The Morgan fingerprint density at radius 3 is 2.71 bits per heavy atom. The molecular weight excluding hydrogens is 436 g/mol. The number of ketones is 1. The first-order valence-electron chi connectivity index (χ1n) is 11.7. The lowest BCUT2D eigenvalue weighted by molar-refractivity contribution is -0.254. The fraction of sp³-hybridized carbons (Fsp3) is 0.444. The summed E-state index contributed by atoms with van der Waals surface area (Å²) in [4.78, 5) is 39.2. The summed E-state index contributed by atoms with van der Waals surface area (Å²) in [6.45, 7) is 7.37. The summed E-state index contributed by atoms with van der Waals surface area (Å²) in [6, 6.07) is 9.33. The lowest BCUT2D eigenvalue weighted by Crippen LogP contribution is -2.70. The van der Waals surface area contributed by atoms with Crippen molar-refractivity contribution in [1.82, 2.24) is 0 Å². The molecule has 0 radical (unpaired) electrons. The second kappa shape index (κ2) is 7.94. The van der Waals surface area contributed by atoms with Crippen molar-refractivity contribution in [2.24, 2.45) is 17.3 Å². The van der Waals surface area contributed by atoms with Gasteiger partial charge in [0.25, 0.3) is 0 Å². The Balaban J connectivity index is 1.56. The molecule has 0 spiro atoms. The van der Waals surface area contributed by atoms with Crippen LogP contribution in [0.15, 0.2) is 60.1 Å². The summed E-state index contributed by atoms with van der Waals surface area (Å²) in [5.74, 6) is -2.82. The number of ether oxygens (including phenoxy) is 3. The summed E-state index contributed by atoms with van der Waals surface area (Å²) in [6.07, 6.45) is 3.57. The molecule has 7 heteroatoms. The van der Waals surface area contributed by atoms with Gasteiger partial charge in [0.05, 0.1) is 0 Å². The number of carbonyl (C=O) groups is 3. The van der Waals surface area contributed by atoms with E-state index in [9.17, 15) is 19.5 Å². The van der Waals surface area contributed by atoms with Crippen LogP contribution in [-0.4, -0.2) is 40.6 Å². The van der Waals surface area contributed by atoms with E-state index in [-0.39, 0.29) is 17.1 Å². The van der Waals surface area contributed by atoms with Gasteiger partial charge in [-0.1, -0.05) is 63.6 Å². The zero-order valence-electron chi connectivity index (χ0n) is 19.3. The maximum Gasteiger partial charge on any atom is 0.351 e. The molecule has 2 aliphatic carbocycles. The second-order valence-electron chi connectivity index (χ2n) is 9.89. The van der Waals surface area contributed by atoms with Gasteiger partial charge >= 0.3 is 11.9 Å². The lowest BCUT2D eigenvalue weighted by Gasteiger charge is -2.59. The Labute approximate surface area is 198 Å². The summed E-state index contributed by atoms with van der Waals surface area (Å²) >= 11 is 0. The number of hydrogen-bond acceptors (Lipinski definition) is 7. The van der Waals surface area contributed by atoms with Gasteiger partial charge in [0.1, 0.15) is 17.3 Å². The fourth-order valence-electron chi connectivity index (χ4n) is 6.30. The molecular formula is C27H28O7. The molecule has 5 rings (SSSR count). The first kappa shape index (κ1) is 22.6. The van der Waals surface area contributed by atoms with Gasteiger partial charge < -0.3 is 19.3 Å². The zero-order valence-corrected chi connectivity index (χ0v) is 19.3. The lowest BCUT2D eigenvalue weighted by atomic mass is 9.48. The van der Waals surface area contributed by atoms with Crippen LogP contribution in [0.5, 0.6) is 0 Å². The molecule has 178 valence electrons. The van der Waals surface area contributed by atoms with Gasteiger partial charge in [-0.05, 0) is 24.5 Å². The minimum atomic E-state index is -1.47. The smallest absolute Gasteiger partial charge is 0.351 e. The number of cyclic esters (lactones) is 1. The first-order chi connectivity index (χ1) is 16.2. The van der Waals surface area contributed by atoms with Crippen LogP contribution in [-0.2, 0) is 28.6 Å². The zero-order chi connectivity index (χ0) is 24.3. The number of rotatable bonds is 3. The Morgan fingerprint density at radius 1 is 1.24 bits per heavy atom. The molecule has 2 heterocycles. The second-order valence-corrected chi connectivity index (χ2v) is 9.89. The molecule has 1 aromatic rings. The number of fused-ring (bicyclic) bond motifs is 4. The number of carbonyl (C=O) groups excluding carboxylic acids is 3. The molecule has 0 unspecified atom stereocenters. The molecule has 0 aromatic heterocycles. The summed E-state index contributed by atoms with van der Waals surface area (Å²) < 4.78 is 17.2. The Hall–Kier alpha value is -3.19. The molecule has 1 N–H and O–H groups in total. The SMILES string of the molecule is C=C1OC(=O)C2=C1O[C@@H]1[C@@H](OC(=O)/C=C/c3ccccc3)[C@]3(O)CCCC[C@H]3[C@](C)(C2=O)[C@@H]1C. The third kappa shape index (κ3) is 3.17. The summed E-state index contributed by atoms with van der Waals surface area (Å²) in [5.41, 5.74) is -1.89. The van der Waals surface area contributed by atoms with Crippen molar-refractivity contribution in [2.45, 2.75) is 57.3 Å². The van der Waals surface area contributed by atoms with Crippen LogP contribution >= 0.6 is 0 Å². The molecule has 6 atom stereocenters. The maximum atomic E-state index is 13.8. The van der Waals surface area contributed by atoms with Gasteiger partial charge in [0.15, 0.2) is 23.4 Å². The Kier molecular flexibility index (Phi) is 5.28. The van der Waals surface area contributed by atoms with Gasteiger partial charge in [0, 0.05) is 23.3 Å². The van der Waals surface area contributed by atoms with E-state index in [4.69, 9.17) is 14.2 Å². The highest BCUT2D eigenvalue weighted by molar-refractivity contribution is 6.22. The van der Waals surface area contributed by atoms with Gasteiger partial charge in [-0.15, -0.1) is 0 Å². The van der Waals surface area contributed by atoms with Crippen LogP contribution in [0.1, 0.15) is 45.1 Å².